The van der Waals surface area contributed by atoms with Crippen molar-refractivity contribution in [1.82, 2.24) is 14.9 Å². The van der Waals surface area contributed by atoms with Crippen LogP contribution in [0.25, 0.3) is 0 Å². The molecule has 1 amide bonds. The number of hydrogen-bond acceptors (Lipinski definition) is 6. The van der Waals surface area contributed by atoms with Crippen molar-refractivity contribution in [2.45, 2.75) is 20.3 Å². The van der Waals surface area contributed by atoms with E-state index in [0.717, 1.165) is 28.9 Å². The molecule has 8 heteroatoms. The fourth-order valence-electron chi connectivity index (χ4n) is 3.16. The molecule has 150 valence electrons. The second-order valence-electron chi connectivity index (χ2n) is 6.36. The summed E-state index contributed by atoms with van der Waals surface area (Å²) >= 11 is 3.57. The first-order chi connectivity index (χ1) is 13.6. The Balaban J connectivity index is 1.64. The van der Waals surface area contributed by atoms with Gasteiger partial charge in [0.15, 0.2) is 11.5 Å². The Labute approximate surface area is 173 Å². The van der Waals surface area contributed by atoms with Gasteiger partial charge >= 0.3 is 0 Å². The number of ether oxygens (including phenoxy) is 2. The minimum Gasteiger partial charge on any atom is -0.490 e. The van der Waals surface area contributed by atoms with Crippen molar-refractivity contribution < 1.29 is 14.3 Å². The molecule has 7 nitrogen and oxygen atoms in total. The number of rotatable bonds is 7. The number of piperazine rings is 1. The number of nitrogens with zero attached hydrogens (tertiary/aromatic N) is 4. The van der Waals surface area contributed by atoms with E-state index >= 15 is 0 Å². The first-order valence-corrected chi connectivity index (χ1v) is 10.3. The van der Waals surface area contributed by atoms with E-state index in [4.69, 9.17) is 9.47 Å². The van der Waals surface area contributed by atoms with Gasteiger partial charge in [0.1, 0.15) is 5.82 Å². The van der Waals surface area contributed by atoms with Gasteiger partial charge in [-0.3, -0.25) is 9.78 Å². The maximum Gasteiger partial charge on any atom is 0.227 e. The second kappa shape index (κ2) is 9.73. The highest BCUT2D eigenvalue weighted by atomic mass is 79.9. The first kappa shape index (κ1) is 20.4. The van der Waals surface area contributed by atoms with Crippen LogP contribution in [0.4, 0.5) is 5.82 Å². The number of aromatic nitrogens is 2. The molecule has 3 rings (SSSR count). The molecular formula is C20H25BrN4O3. The summed E-state index contributed by atoms with van der Waals surface area (Å²) < 4.78 is 12.2. The lowest BCUT2D eigenvalue weighted by Gasteiger charge is -2.35. The molecule has 0 aliphatic carbocycles. The van der Waals surface area contributed by atoms with E-state index in [1.54, 1.807) is 18.6 Å². The Morgan fingerprint density at radius 2 is 1.75 bits per heavy atom. The molecule has 0 N–H and O–H groups in total. The lowest BCUT2D eigenvalue weighted by atomic mass is 10.1. The Morgan fingerprint density at radius 3 is 2.36 bits per heavy atom. The van der Waals surface area contributed by atoms with Gasteiger partial charge in [-0.2, -0.15) is 0 Å². The maximum absolute atomic E-state index is 12.8. The molecule has 1 saturated heterocycles. The number of carbonyl (C=O) groups is 1. The molecule has 1 aliphatic rings. The van der Waals surface area contributed by atoms with Crippen LogP contribution in [0.3, 0.4) is 0 Å². The molecule has 1 aliphatic heterocycles. The fraction of sp³-hybridized carbons (Fsp3) is 0.450. The van der Waals surface area contributed by atoms with Crippen LogP contribution in [-0.4, -0.2) is 60.2 Å². The molecule has 0 atom stereocenters. The van der Waals surface area contributed by atoms with E-state index in [0.29, 0.717) is 44.2 Å². The molecule has 1 aromatic carbocycles. The number of anilines is 1. The van der Waals surface area contributed by atoms with Crippen LogP contribution >= 0.6 is 15.9 Å². The quantitative estimate of drug-likeness (QED) is 0.648. The normalized spacial score (nSPS) is 14.1. The van der Waals surface area contributed by atoms with Crippen molar-refractivity contribution in [1.29, 1.82) is 0 Å². The van der Waals surface area contributed by atoms with Crippen molar-refractivity contribution in [3.63, 3.8) is 0 Å². The van der Waals surface area contributed by atoms with E-state index in [1.165, 1.54) is 0 Å². The smallest absolute Gasteiger partial charge is 0.227 e. The molecule has 2 aromatic rings. The molecular weight excluding hydrogens is 424 g/mol. The summed E-state index contributed by atoms with van der Waals surface area (Å²) in [5.74, 6) is 2.31. The van der Waals surface area contributed by atoms with Crippen LogP contribution in [0, 0.1) is 0 Å². The van der Waals surface area contributed by atoms with Gasteiger partial charge < -0.3 is 19.3 Å². The predicted molar refractivity (Wildman–Crippen MR) is 111 cm³/mol. The van der Waals surface area contributed by atoms with Crippen molar-refractivity contribution in [3.05, 3.63) is 40.8 Å². The standard InChI is InChI=1S/C20H25BrN4O3/c1-3-27-17-11-15(16(21)13-18(17)28-4-2)12-20(26)25-9-7-24(8-10-25)19-14-22-5-6-23-19/h5-6,11,13-14H,3-4,7-10,12H2,1-2H3. The van der Waals surface area contributed by atoms with Gasteiger partial charge in [-0.05, 0) is 31.5 Å². The van der Waals surface area contributed by atoms with E-state index < -0.39 is 0 Å². The summed E-state index contributed by atoms with van der Waals surface area (Å²) in [5.41, 5.74) is 0.897. The summed E-state index contributed by atoms with van der Waals surface area (Å²) in [4.78, 5) is 25.3. The monoisotopic (exact) mass is 448 g/mol. The molecule has 1 aromatic heterocycles. The topological polar surface area (TPSA) is 67.8 Å². The highest BCUT2D eigenvalue weighted by Gasteiger charge is 2.23. The average molecular weight is 449 g/mol. The average Bonchev–Trinajstić information content (AvgIpc) is 2.72. The number of amides is 1. The third kappa shape index (κ3) is 4.92. The van der Waals surface area contributed by atoms with Gasteiger partial charge in [-0.1, -0.05) is 15.9 Å². The second-order valence-corrected chi connectivity index (χ2v) is 7.22. The van der Waals surface area contributed by atoms with Crippen molar-refractivity contribution in [2.24, 2.45) is 0 Å². The van der Waals surface area contributed by atoms with E-state index in [-0.39, 0.29) is 5.91 Å². The van der Waals surface area contributed by atoms with Gasteiger partial charge in [0.25, 0.3) is 0 Å². The zero-order valence-corrected chi connectivity index (χ0v) is 17.8. The molecule has 2 heterocycles. The Bertz CT molecular complexity index is 796. The van der Waals surface area contributed by atoms with Crippen LogP contribution in [0.1, 0.15) is 19.4 Å². The molecule has 0 saturated carbocycles. The highest BCUT2D eigenvalue weighted by Crippen LogP contribution is 2.34. The highest BCUT2D eigenvalue weighted by molar-refractivity contribution is 9.10. The third-order valence-electron chi connectivity index (χ3n) is 4.56. The Hall–Kier alpha value is -2.35. The minimum absolute atomic E-state index is 0.103. The van der Waals surface area contributed by atoms with Crippen LogP contribution in [0.2, 0.25) is 0 Å². The van der Waals surface area contributed by atoms with Gasteiger partial charge in [-0.15, -0.1) is 0 Å². The zero-order chi connectivity index (χ0) is 19.9. The lowest BCUT2D eigenvalue weighted by molar-refractivity contribution is -0.130. The minimum atomic E-state index is 0.103. The predicted octanol–water partition coefficient (Wildman–Crippen LogP) is 2.93. The zero-order valence-electron chi connectivity index (χ0n) is 16.2. The summed E-state index contributed by atoms with van der Waals surface area (Å²) in [6, 6.07) is 3.77. The summed E-state index contributed by atoms with van der Waals surface area (Å²) in [5, 5.41) is 0. The van der Waals surface area contributed by atoms with Gasteiger partial charge in [0, 0.05) is 43.0 Å². The first-order valence-electron chi connectivity index (χ1n) is 9.49. The molecule has 0 spiro atoms. The van der Waals surface area contributed by atoms with Gasteiger partial charge in [0.05, 0.1) is 25.8 Å². The number of benzene rings is 1. The van der Waals surface area contributed by atoms with Gasteiger partial charge in [-0.25, -0.2) is 4.98 Å². The van der Waals surface area contributed by atoms with E-state index in [1.807, 2.05) is 30.9 Å². The van der Waals surface area contributed by atoms with E-state index in [9.17, 15) is 4.79 Å². The number of halogens is 1. The van der Waals surface area contributed by atoms with Crippen molar-refractivity contribution in [2.75, 3.05) is 44.3 Å². The SMILES string of the molecule is CCOc1cc(Br)c(CC(=O)N2CCN(c3cnccn3)CC2)cc1OCC. The summed E-state index contributed by atoms with van der Waals surface area (Å²) in [7, 11) is 0. The number of carbonyl (C=O) groups excluding carboxylic acids is 1. The van der Waals surface area contributed by atoms with Crippen molar-refractivity contribution >= 4 is 27.7 Å². The van der Waals surface area contributed by atoms with E-state index in [2.05, 4.69) is 30.8 Å². The fourth-order valence-corrected chi connectivity index (χ4v) is 3.63. The molecule has 0 unspecified atom stereocenters. The molecule has 0 bridgehead atoms. The van der Waals surface area contributed by atoms with Crippen LogP contribution in [0.5, 0.6) is 11.5 Å². The summed E-state index contributed by atoms with van der Waals surface area (Å²) in [6.45, 7) is 7.80. The molecule has 1 fully saturated rings. The molecule has 28 heavy (non-hydrogen) atoms. The van der Waals surface area contributed by atoms with Crippen molar-refractivity contribution in [3.8, 4) is 11.5 Å². The van der Waals surface area contributed by atoms with Crippen LogP contribution in [0.15, 0.2) is 35.2 Å². The van der Waals surface area contributed by atoms with Gasteiger partial charge in [0.2, 0.25) is 5.91 Å². The number of hydrogen-bond donors (Lipinski definition) is 0. The summed E-state index contributed by atoms with van der Waals surface area (Å²) in [6.07, 6.45) is 5.42. The Morgan fingerprint density at radius 1 is 1.07 bits per heavy atom. The lowest BCUT2D eigenvalue weighted by Crippen LogP contribution is -2.49. The largest absolute Gasteiger partial charge is 0.490 e. The van der Waals surface area contributed by atoms with Crippen LogP contribution < -0.4 is 14.4 Å². The Kier molecular flexibility index (Phi) is 7.08. The maximum atomic E-state index is 12.8. The van der Waals surface area contributed by atoms with Crippen LogP contribution in [-0.2, 0) is 11.2 Å². The molecule has 0 radical (unpaired) electrons. The third-order valence-corrected chi connectivity index (χ3v) is 5.30.